The van der Waals surface area contributed by atoms with E-state index in [2.05, 4.69) is 10.0 Å². The lowest BCUT2D eigenvalue weighted by Crippen LogP contribution is -2.16. The summed E-state index contributed by atoms with van der Waals surface area (Å²) in [6, 6.07) is 12.5. The quantitative estimate of drug-likeness (QED) is 0.592. The average Bonchev–Trinajstić information content (AvgIpc) is 2.66. The van der Waals surface area contributed by atoms with Gasteiger partial charge in [0, 0.05) is 11.4 Å². The van der Waals surface area contributed by atoms with Gasteiger partial charge in [0.2, 0.25) is 0 Å². The highest BCUT2D eigenvalue weighted by atomic mass is 35.5. The second-order valence-corrected chi connectivity index (χ2v) is 8.26. The molecule has 0 unspecified atom stereocenters. The Morgan fingerprint density at radius 2 is 1.59 bits per heavy atom. The number of rotatable bonds is 5. The van der Waals surface area contributed by atoms with Gasteiger partial charge in [0.25, 0.3) is 15.9 Å². The fraction of sp³-hybridized carbons (Fsp3) is 0.0500. The lowest BCUT2D eigenvalue weighted by atomic mass is 10.2. The molecule has 0 aliphatic heterocycles. The van der Waals surface area contributed by atoms with Gasteiger partial charge in [0.1, 0.15) is 11.6 Å². The zero-order valence-electron chi connectivity index (χ0n) is 15.0. The van der Waals surface area contributed by atoms with E-state index in [4.69, 9.17) is 11.6 Å². The second kappa shape index (κ2) is 8.18. The second-order valence-electron chi connectivity index (χ2n) is 6.17. The Balaban J connectivity index is 1.87. The normalized spacial score (nSPS) is 11.2. The van der Waals surface area contributed by atoms with Crippen molar-refractivity contribution in [2.24, 2.45) is 0 Å². The molecular weight excluding hydrogens is 422 g/mol. The fourth-order valence-corrected chi connectivity index (χ4v) is 3.73. The van der Waals surface area contributed by atoms with Gasteiger partial charge in [-0.1, -0.05) is 17.7 Å². The van der Waals surface area contributed by atoms with Gasteiger partial charge in [0.15, 0.2) is 0 Å². The first-order chi connectivity index (χ1) is 13.7. The van der Waals surface area contributed by atoms with Crippen LogP contribution in [0, 0.1) is 18.6 Å². The first-order valence-corrected chi connectivity index (χ1v) is 10.2. The minimum absolute atomic E-state index is 0.0239. The van der Waals surface area contributed by atoms with E-state index in [0.717, 1.165) is 24.3 Å². The number of hydrogen-bond donors (Lipinski definition) is 2. The highest BCUT2D eigenvalue weighted by Gasteiger charge is 2.19. The standard InChI is InChI=1S/C20H15ClF2N2O3S/c1-12-2-5-15(10-19(12)23)24-20(26)17-11-16(8-9-18(17)21)29(27,28)25-14-6-3-13(22)4-7-14/h2-11,25H,1H3,(H,24,26). The number of nitrogens with one attached hydrogen (secondary N) is 2. The van der Waals surface area contributed by atoms with Crippen molar-refractivity contribution in [1.82, 2.24) is 0 Å². The van der Waals surface area contributed by atoms with Crippen LogP contribution in [0.5, 0.6) is 0 Å². The molecule has 0 atom stereocenters. The third-order valence-corrected chi connectivity index (χ3v) is 5.73. The van der Waals surface area contributed by atoms with Gasteiger partial charge in [-0.15, -0.1) is 0 Å². The van der Waals surface area contributed by atoms with E-state index in [-0.39, 0.29) is 26.9 Å². The molecule has 0 aromatic heterocycles. The minimum atomic E-state index is -4.06. The molecule has 0 saturated carbocycles. The molecule has 0 aliphatic rings. The van der Waals surface area contributed by atoms with Crippen LogP contribution in [-0.2, 0) is 10.0 Å². The highest BCUT2D eigenvalue weighted by molar-refractivity contribution is 7.92. The molecule has 1 amide bonds. The maximum atomic E-state index is 13.7. The highest BCUT2D eigenvalue weighted by Crippen LogP contribution is 2.24. The van der Waals surface area contributed by atoms with Crippen LogP contribution in [0.1, 0.15) is 15.9 Å². The van der Waals surface area contributed by atoms with Crippen LogP contribution in [0.3, 0.4) is 0 Å². The summed E-state index contributed by atoms with van der Waals surface area (Å²) in [7, 11) is -4.06. The molecule has 0 fully saturated rings. The molecule has 29 heavy (non-hydrogen) atoms. The predicted molar refractivity (Wildman–Crippen MR) is 108 cm³/mol. The third-order valence-electron chi connectivity index (χ3n) is 4.02. The summed E-state index contributed by atoms with van der Waals surface area (Å²) in [6.45, 7) is 1.58. The molecule has 9 heteroatoms. The van der Waals surface area contributed by atoms with E-state index in [1.54, 1.807) is 6.92 Å². The summed E-state index contributed by atoms with van der Waals surface area (Å²) in [4.78, 5) is 12.3. The van der Waals surface area contributed by atoms with Crippen LogP contribution >= 0.6 is 11.6 Å². The molecule has 0 bridgehead atoms. The Hall–Kier alpha value is -2.97. The van der Waals surface area contributed by atoms with Crippen LogP contribution in [0.2, 0.25) is 5.02 Å². The van der Waals surface area contributed by atoms with Crippen LogP contribution in [-0.4, -0.2) is 14.3 Å². The smallest absolute Gasteiger partial charge is 0.261 e. The van der Waals surface area contributed by atoms with Crippen LogP contribution in [0.15, 0.2) is 65.6 Å². The van der Waals surface area contributed by atoms with Gasteiger partial charge in [-0.05, 0) is 67.1 Å². The van der Waals surface area contributed by atoms with Gasteiger partial charge in [-0.3, -0.25) is 9.52 Å². The molecule has 0 aliphatic carbocycles. The molecular formula is C20H15ClF2N2O3S. The number of aryl methyl sites for hydroxylation is 1. The Labute approximate surface area is 171 Å². The molecule has 3 rings (SSSR count). The topological polar surface area (TPSA) is 75.3 Å². The molecule has 3 aromatic rings. The Kier molecular flexibility index (Phi) is 5.86. The summed E-state index contributed by atoms with van der Waals surface area (Å²) in [5.74, 6) is -1.70. The van der Waals surface area contributed by atoms with E-state index >= 15 is 0 Å². The maximum absolute atomic E-state index is 13.7. The van der Waals surface area contributed by atoms with Crippen molar-refractivity contribution in [1.29, 1.82) is 0 Å². The number of benzene rings is 3. The molecule has 0 heterocycles. The van der Waals surface area contributed by atoms with Gasteiger partial charge < -0.3 is 5.32 Å². The predicted octanol–water partition coefficient (Wildman–Crippen LogP) is 4.98. The maximum Gasteiger partial charge on any atom is 0.261 e. The molecule has 150 valence electrons. The monoisotopic (exact) mass is 436 g/mol. The van der Waals surface area contributed by atoms with E-state index in [0.29, 0.717) is 5.56 Å². The number of sulfonamides is 1. The Morgan fingerprint density at radius 3 is 2.24 bits per heavy atom. The number of amides is 1. The largest absolute Gasteiger partial charge is 0.322 e. The molecule has 0 saturated heterocycles. The number of carbonyl (C=O) groups is 1. The van der Waals surface area contributed by atoms with E-state index in [1.807, 2.05) is 0 Å². The molecule has 3 aromatic carbocycles. The van der Waals surface area contributed by atoms with Crippen molar-refractivity contribution in [3.8, 4) is 0 Å². The molecule has 0 spiro atoms. The summed E-state index contributed by atoms with van der Waals surface area (Å²) >= 11 is 6.05. The zero-order valence-corrected chi connectivity index (χ0v) is 16.6. The number of anilines is 2. The first kappa shape index (κ1) is 20.8. The minimum Gasteiger partial charge on any atom is -0.322 e. The van der Waals surface area contributed by atoms with Crippen molar-refractivity contribution in [3.05, 3.63) is 88.4 Å². The summed E-state index contributed by atoms with van der Waals surface area (Å²) < 4.78 is 54.1. The summed E-state index contributed by atoms with van der Waals surface area (Å²) in [6.07, 6.45) is 0. The van der Waals surface area contributed by atoms with Gasteiger partial charge in [-0.25, -0.2) is 17.2 Å². The van der Waals surface area contributed by atoms with E-state index in [1.165, 1.54) is 36.4 Å². The van der Waals surface area contributed by atoms with Gasteiger partial charge in [0.05, 0.1) is 15.5 Å². The fourth-order valence-electron chi connectivity index (χ4n) is 2.45. The molecule has 2 N–H and O–H groups in total. The summed E-state index contributed by atoms with van der Waals surface area (Å²) in [5.41, 5.74) is 0.671. The Morgan fingerprint density at radius 1 is 0.931 bits per heavy atom. The van der Waals surface area contributed by atoms with Crippen LogP contribution < -0.4 is 10.0 Å². The number of carbonyl (C=O) groups excluding carboxylic acids is 1. The Bertz CT molecular complexity index is 1180. The molecule has 0 radical (unpaired) electrons. The van der Waals surface area contributed by atoms with Gasteiger partial charge >= 0.3 is 0 Å². The SMILES string of the molecule is Cc1ccc(NC(=O)c2cc(S(=O)(=O)Nc3ccc(F)cc3)ccc2Cl)cc1F. The third kappa shape index (κ3) is 4.90. The van der Waals surface area contributed by atoms with Crippen molar-refractivity contribution in [3.63, 3.8) is 0 Å². The lowest BCUT2D eigenvalue weighted by molar-refractivity contribution is 0.102. The van der Waals surface area contributed by atoms with Crippen molar-refractivity contribution in [2.45, 2.75) is 11.8 Å². The zero-order chi connectivity index (χ0) is 21.2. The van der Waals surface area contributed by atoms with E-state index < -0.39 is 27.6 Å². The van der Waals surface area contributed by atoms with Crippen molar-refractivity contribution >= 4 is 38.9 Å². The van der Waals surface area contributed by atoms with Crippen molar-refractivity contribution in [2.75, 3.05) is 10.0 Å². The first-order valence-electron chi connectivity index (χ1n) is 8.31. The lowest BCUT2D eigenvalue weighted by Gasteiger charge is -2.11. The molecule has 5 nitrogen and oxygen atoms in total. The summed E-state index contributed by atoms with van der Waals surface area (Å²) in [5, 5.41) is 2.51. The number of halogens is 3. The van der Waals surface area contributed by atoms with Crippen LogP contribution in [0.25, 0.3) is 0 Å². The van der Waals surface area contributed by atoms with Gasteiger partial charge in [-0.2, -0.15) is 0 Å². The van der Waals surface area contributed by atoms with Crippen molar-refractivity contribution < 1.29 is 22.0 Å². The van der Waals surface area contributed by atoms with Crippen LogP contribution in [0.4, 0.5) is 20.2 Å². The van der Waals surface area contributed by atoms with E-state index in [9.17, 15) is 22.0 Å². The number of hydrogen-bond acceptors (Lipinski definition) is 3. The average molecular weight is 437 g/mol.